The van der Waals surface area contributed by atoms with Gasteiger partial charge in [0, 0.05) is 25.1 Å². The highest BCUT2D eigenvalue weighted by Gasteiger charge is 2.41. The molecule has 6 nitrogen and oxygen atoms in total. The van der Waals surface area contributed by atoms with E-state index in [1.807, 2.05) is 0 Å². The second-order valence-electron chi connectivity index (χ2n) is 6.82. The number of benzene rings is 2. The van der Waals surface area contributed by atoms with Crippen molar-refractivity contribution in [3.8, 4) is 0 Å². The first-order valence-electron chi connectivity index (χ1n) is 9.23. The molecule has 1 amide bonds. The van der Waals surface area contributed by atoms with Gasteiger partial charge in [0.2, 0.25) is 5.91 Å². The number of amides is 1. The van der Waals surface area contributed by atoms with Crippen LogP contribution in [0.2, 0.25) is 0 Å². The van der Waals surface area contributed by atoms with Gasteiger partial charge < -0.3 is 5.32 Å². The summed E-state index contributed by atoms with van der Waals surface area (Å²) in [4.78, 5) is 16.2. The number of sulfonamides is 1. The maximum atomic E-state index is 13.4. The van der Waals surface area contributed by atoms with E-state index in [-0.39, 0.29) is 16.1 Å². The minimum Gasteiger partial charge on any atom is -0.326 e. The average Bonchev–Trinajstić information content (AvgIpc) is 3.18. The second-order valence-corrected chi connectivity index (χ2v) is 8.50. The predicted molar refractivity (Wildman–Crippen MR) is 107 cm³/mol. The summed E-state index contributed by atoms with van der Waals surface area (Å²) in [6.07, 6.45) is -4.14. The number of aliphatic imine (C=N–C) groups is 1. The lowest BCUT2D eigenvalue weighted by molar-refractivity contribution is -0.155. The van der Waals surface area contributed by atoms with Crippen molar-refractivity contribution in [2.24, 2.45) is 4.99 Å². The highest BCUT2D eigenvalue weighted by Crippen LogP contribution is 2.37. The molecule has 1 heterocycles. The molecule has 3 rings (SSSR count). The molecule has 1 aliphatic heterocycles. The molecule has 0 saturated heterocycles. The molecule has 1 unspecified atom stereocenters. The van der Waals surface area contributed by atoms with Gasteiger partial charge in [-0.15, -0.1) is 0 Å². The third-order valence-electron chi connectivity index (χ3n) is 4.54. The van der Waals surface area contributed by atoms with Crippen molar-refractivity contribution in [2.45, 2.75) is 36.3 Å². The van der Waals surface area contributed by atoms with Gasteiger partial charge in [0.05, 0.1) is 10.8 Å². The second kappa shape index (κ2) is 8.86. The van der Waals surface area contributed by atoms with Crippen LogP contribution in [0.15, 0.2) is 64.5 Å². The molecule has 0 bridgehead atoms. The Hall–Kier alpha value is -2.88. The van der Waals surface area contributed by atoms with Crippen molar-refractivity contribution >= 4 is 27.5 Å². The van der Waals surface area contributed by atoms with E-state index in [9.17, 15) is 26.4 Å². The van der Waals surface area contributed by atoms with Crippen molar-refractivity contribution in [2.75, 3.05) is 11.9 Å². The molecular weight excluding hydrogens is 419 g/mol. The molecule has 0 saturated carbocycles. The average molecular weight is 439 g/mol. The zero-order valence-corrected chi connectivity index (χ0v) is 16.6. The maximum Gasteiger partial charge on any atom is 0.396 e. The van der Waals surface area contributed by atoms with Crippen LogP contribution < -0.4 is 10.0 Å². The van der Waals surface area contributed by atoms with Gasteiger partial charge in [-0.1, -0.05) is 36.4 Å². The van der Waals surface area contributed by atoms with Crippen molar-refractivity contribution in [1.29, 1.82) is 0 Å². The number of rotatable bonds is 6. The van der Waals surface area contributed by atoms with Crippen LogP contribution in [-0.2, 0) is 14.8 Å². The van der Waals surface area contributed by atoms with Crippen LogP contribution in [0.3, 0.4) is 0 Å². The fourth-order valence-corrected chi connectivity index (χ4v) is 4.22. The highest BCUT2D eigenvalue weighted by molar-refractivity contribution is 7.90. The summed E-state index contributed by atoms with van der Waals surface area (Å²) in [5.41, 5.74) is 0.0724. The molecule has 0 spiro atoms. The molecule has 1 aliphatic rings. The molecule has 10 heteroatoms. The molecule has 160 valence electrons. The quantitative estimate of drug-likeness (QED) is 0.717. The molecular formula is C20H20F3N3O3S. The Morgan fingerprint density at radius 3 is 2.47 bits per heavy atom. The number of hydrogen-bond donors (Lipinski definition) is 2. The fourth-order valence-electron chi connectivity index (χ4n) is 3.08. The summed E-state index contributed by atoms with van der Waals surface area (Å²) in [5.74, 6) is -2.48. The minimum absolute atomic E-state index is 0.0157. The number of halogens is 3. The normalized spacial score (nSPS) is 15.4. The van der Waals surface area contributed by atoms with Gasteiger partial charge in [0.1, 0.15) is 5.84 Å². The van der Waals surface area contributed by atoms with E-state index < -0.39 is 34.4 Å². The van der Waals surface area contributed by atoms with E-state index >= 15 is 0 Å². The van der Waals surface area contributed by atoms with Gasteiger partial charge in [-0.25, -0.2) is 8.42 Å². The molecule has 2 aromatic carbocycles. The van der Waals surface area contributed by atoms with Crippen LogP contribution >= 0.6 is 0 Å². The number of nitrogens with zero attached hydrogens (tertiary/aromatic N) is 1. The minimum atomic E-state index is -4.60. The third kappa shape index (κ3) is 5.59. The predicted octanol–water partition coefficient (Wildman–Crippen LogP) is 3.83. The highest BCUT2D eigenvalue weighted by atomic mass is 32.2. The first-order chi connectivity index (χ1) is 14.1. The molecule has 0 fully saturated rings. The van der Waals surface area contributed by atoms with Crippen molar-refractivity contribution in [3.05, 3.63) is 60.2 Å². The van der Waals surface area contributed by atoms with Crippen LogP contribution in [0, 0.1) is 0 Å². The molecule has 30 heavy (non-hydrogen) atoms. The Bertz CT molecular complexity index is 1040. The summed E-state index contributed by atoms with van der Waals surface area (Å²) in [6.45, 7) is 0.551. The number of carbonyl (C=O) groups is 1. The lowest BCUT2D eigenvalue weighted by Crippen LogP contribution is -2.29. The van der Waals surface area contributed by atoms with Gasteiger partial charge in [-0.2, -0.15) is 13.2 Å². The smallest absolute Gasteiger partial charge is 0.326 e. The van der Waals surface area contributed by atoms with Crippen LogP contribution in [0.4, 0.5) is 18.9 Å². The van der Waals surface area contributed by atoms with Gasteiger partial charge in [0.15, 0.2) is 0 Å². The van der Waals surface area contributed by atoms with Gasteiger partial charge in [-0.05, 0) is 30.2 Å². The monoisotopic (exact) mass is 439 g/mol. The number of alkyl halides is 3. The zero-order valence-electron chi connectivity index (χ0n) is 15.8. The number of carbonyl (C=O) groups excluding carboxylic acids is 1. The number of nitrogens with one attached hydrogen (secondary N) is 2. The first kappa shape index (κ1) is 21.8. The standard InChI is InChI=1S/C20H20F3N3O3S/c21-20(22,23)17(14-6-2-1-3-7-14)13-19(27)25-15-8-4-9-16(12-15)30(28,29)26-18-10-5-11-24-18/h1-4,6-9,12,17H,5,10-11,13H2,(H,24,26)(H,25,27). The van der Waals surface area contributed by atoms with Gasteiger partial charge in [-0.3, -0.25) is 14.5 Å². The molecule has 0 radical (unpaired) electrons. The van der Waals surface area contributed by atoms with Crippen LogP contribution in [0.25, 0.3) is 0 Å². The van der Waals surface area contributed by atoms with Crippen molar-refractivity contribution < 1.29 is 26.4 Å². The van der Waals surface area contributed by atoms with Crippen molar-refractivity contribution in [1.82, 2.24) is 4.72 Å². The molecule has 0 aliphatic carbocycles. The molecule has 0 aromatic heterocycles. The first-order valence-corrected chi connectivity index (χ1v) is 10.7. The third-order valence-corrected chi connectivity index (χ3v) is 5.92. The number of amidine groups is 1. The lowest BCUT2D eigenvalue weighted by Gasteiger charge is -2.20. The van der Waals surface area contributed by atoms with Crippen LogP contribution in [0.1, 0.15) is 30.7 Å². The lowest BCUT2D eigenvalue weighted by atomic mass is 9.95. The van der Waals surface area contributed by atoms with Crippen LogP contribution in [0.5, 0.6) is 0 Å². The largest absolute Gasteiger partial charge is 0.396 e. The summed E-state index contributed by atoms with van der Waals surface area (Å²) >= 11 is 0. The van der Waals surface area contributed by atoms with Crippen molar-refractivity contribution in [3.63, 3.8) is 0 Å². The Morgan fingerprint density at radius 1 is 1.10 bits per heavy atom. The Labute approximate surface area is 172 Å². The van der Waals surface area contributed by atoms with E-state index in [0.29, 0.717) is 18.8 Å². The Kier molecular flexibility index (Phi) is 6.45. The molecule has 1 atom stereocenters. The topological polar surface area (TPSA) is 87.6 Å². The van der Waals surface area contributed by atoms with E-state index in [0.717, 1.165) is 6.42 Å². The summed E-state index contributed by atoms with van der Waals surface area (Å²) in [7, 11) is -3.90. The maximum absolute atomic E-state index is 13.4. The van der Waals surface area contributed by atoms with E-state index in [4.69, 9.17) is 0 Å². The van der Waals surface area contributed by atoms with E-state index in [2.05, 4.69) is 15.0 Å². The van der Waals surface area contributed by atoms with E-state index in [1.165, 1.54) is 48.5 Å². The summed E-state index contributed by atoms with van der Waals surface area (Å²) in [6, 6.07) is 12.5. The van der Waals surface area contributed by atoms with Gasteiger partial charge in [0.25, 0.3) is 10.0 Å². The van der Waals surface area contributed by atoms with E-state index in [1.54, 1.807) is 6.07 Å². The number of anilines is 1. The Balaban J connectivity index is 1.73. The molecule has 2 aromatic rings. The number of hydrogen-bond acceptors (Lipinski definition) is 4. The SMILES string of the molecule is O=C(CC(c1ccccc1)C(F)(F)F)Nc1cccc(S(=O)(=O)NC2=NCCC2)c1. The summed E-state index contributed by atoms with van der Waals surface area (Å²) in [5, 5.41) is 2.36. The zero-order chi connectivity index (χ0) is 21.8. The summed E-state index contributed by atoms with van der Waals surface area (Å²) < 4.78 is 67.6. The molecule has 2 N–H and O–H groups in total. The fraction of sp³-hybridized carbons (Fsp3) is 0.300. The van der Waals surface area contributed by atoms with Gasteiger partial charge >= 0.3 is 6.18 Å². The Morgan fingerprint density at radius 2 is 1.83 bits per heavy atom. The van der Waals surface area contributed by atoms with Crippen LogP contribution in [-0.4, -0.2) is 32.9 Å².